The number of hydrogen-bond donors (Lipinski definition) is 2. The number of halogens is 3. The Bertz CT molecular complexity index is 1780. The van der Waals surface area contributed by atoms with Crippen LogP contribution in [0.15, 0.2) is 78.0 Å². The minimum absolute atomic E-state index is 0.0782. The number of fused-ring (bicyclic) bond motifs is 6. The first kappa shape index (κ1) is 32.3. The van der Waals surface area contributed by atoms with Crippen molar-refractivity contribution >= 4 is 29.5 Å². The average Bonchev–Trinajstić information content (AvgIpc) is 3.61. The standard InChI is InChI=1S/C35H38F3N7O2S/c1-33(2)21-24-22-44(33)31-26(11-12-28(41-31)45-19-14-29(42-45)47-20-17-34(15-16-34)35(36,37)38)32(46)43-48-30-10-6-9-27(40-30)39-18-13-25(24)23-7-4-3-5-8-23/h3-12,14,19,24-25H,13,15-18,20-22H2,1-2H3,(H,39,40)(H,43,46). The highest BCUT2D eigenvalue weighted by molar-refractivity contribution is 7.97. The maximum atomic E-state index is 13.8. The van der Waals surface area contributed by atoms with Gasteiger partial charge < -0.3 is 15.0 Å². The summed E-state index contributed by atoms with van der Waals surface area (Å²) < 4.78 is 50.2. The van der Waals surface area contributed by atoms with Crippen molar-refractivity contribution < 1.29 is 22.7 Å². The molecule has 1 aromatic carbocycles. The van der Waals surface area contributed by atoms with Gasteiger partial charge in [0, 0.05) is 42.8 Å². The van der Waals surface area contributed by atoms with E-state index in [1.54, 1.807) is 24.4 Å². The molecular formula is C35H38F3N7O2S. The number of carbonyl (C=O) groups is 1. The first-order chi connectivity index (χ1) is 23.0. The van der Waals surface area contributed by atoms with Gasteiger partial charge >= 0.3 is 6.18 Å². The summed E-state index contributed by atoms with van der Waals surface area (Å²) in [5, 5.41) is 8.60. The van der Waals surface area contributed by atoms with E-state index in [1.165, 1.54) is 10.2 Å². The molecule has 2 fully saturated rings. The van der Waals surface area contributed by atoms with E-state index in [0.29, 0.717) is 28.8 Å². The second-order valence-electron chi connectivity index (χ2n) is 13.5. The van der Waals surface area contributed by atoms with Crippen molar-refractivity contribution in [3.05, 3.63) is 84.1 Å². The van der Waals surface area contributed by atoms with E-state index in [2.05, 4.69) is 63.1 Å². The van der Waals surface area contributed by atoms with Crippen LogP contribution in [0.1, 0.15) is 67.8 Å². The Kier molecular flexibility index (Phi) is 8.51. The molecule has 2 N–H and O–H groups in total. The second kappa shape index (κ2) is 12.6. The zero-order valence-electron chi connectivity index (χ0n) is 26.8. The minimum atomic E-state index is -4.22. The molecule has 252 valence electrons. The van der Waals surface area contributed by atoms with Crippen LogP contribution < -0.4 is 19.7 Å². The molecule has 4 aromatic rings. The van der Waals surface area contributed by atoms with Crippen LogP contribution in [-0.2, 0) is 0 Å². The van der Waals surface area contributed by atoms with Gasteiger partial charge in [-0.15, -0.1) is 5.10 Å². The fraction of sp³-hybridized carbons (Fsp3) is 0.429. The molecule has 1 amide bonds. The van der Waals surface area contributed by atoms with Crippen LogP contribution in [0, 0.1) is 11.3 Å². The highest BCUT2D eigenvalue weighted by Gasteiger charge is 2.62. The lowest BCUT2D eigenvalue weighted by Gasteiger charge is -2.34. The molecule has 3 aromatic heterocycles. The van der Waals surface area contributed by atoms with Crippen LogP contribution >= 0.6 is 11.9 Å². The maximum absolute atomic E-state index is 13.8. The van der Waals surface area contributed by atoms with E-state index < -0.39 is 11.6 Å². The zero-order valence-corrected chi connectivity index (χ0v) is 27.7. The third kappa shape index (κ3) is 6.56. The molecule has 2 unspecified atom stereocenters. The van der Waals surface area contributed by atoms with Gasteiger partial charge in [-0.2, -0.15) is 13.2 Å². The number of rotatable bonds is 6. The predicted octanol–water partition coefficient (Wildman–Crippen LogP) is 7.42. The van der Waals surface area contributed by atoms with Gasteiger partial charge in [-0.3, -0.25) is 9.52 Å². The fourth-order valence-electron chi connectivity index (χ4n) is 7.03. The molecule has 1 saturated heterocycles. The molecule has 13 heteroatoms. The number of alkyl halides is 3. The van der Waals surface area contributed by atoms with Gasteiger partial charge in [0.2, 0.25) is 5.88 Å². The first-order valence-corrected chi connectivity index (χ1v) is 17.1. The summed E-state index contributed by atoms with van der Waals surface area (Å²) >= 11 is 1.15. The Balaban J connectivity index is 1.20. The van der Waals surface area contributed by atoms with Crippen molar-refractivity contribution in [3.63, 3.8) is 0 Å². The SMILES string of the molecule is CC1(C)CC2CN1c1nc(-n3ccc(OCCC4(C(F)(F)F)CC4)n3)ccc1C(=O)NSc1cccc(n1)NCCC2c1ccccc1. The quantitative estimate of drug-likeness (QED) is 0.204. The van der Waals surface area contributed by atoms with E-state index in [4.69, 9.17) is 9.72 Å². The van der Waals surface area contributed by atoms with Gasteiger partial charge in [0.1, 0.15) is 16.7 Å². The Hall–Kier alpha value is -4.26. The lowest BCUT2D eigenvalue weighted by molar-refractivity contribution is -0.190. The fourth-order valence-corrected chi connectivity index (χ4v) is 7.63. The molecule has 0 spiro atoms. The van der Waals surface area contributed by atoms with E-state index in [0.717, 1.165) is 37.2 Å². The molecular weight excluding hydrogens is 639 g/mol. The van der Waals surface area contributed by atoms with Crippen LogP contribution in [0.3, 0.4) is 0 Å². The van der Waals surface area contributed by atoms with Crippen LogP contribution in [0.2, 0.25) is 0 Å². The van der Waals surface area contributed by atoms with Gasteiger partial charge in [-0.25, -0.2) is 14.6 Å². The molecule has 5 heterocycles. The van der Waals surface area contributed by atoms with Crippen molar-refractivity contribution in [2.24, 2.45) is 11.3 Å². The minimum Gasteiger partial charge on any atom is -0.477 e. The van der Waals surface area contributed by atoms with E-state index in [9.17, 15) is 18.0 Å². The molecule has 0 radical (unpaired) electrons. The van der Waals surface area contributed by atoms with Crippen molar-refractivity contribution in [1.29, 1.82) is 0 Å². The van der Waals surface area contributed by atoms with Crippen LogP contribution in [0.25, 0.3) is 5.82 Å². The molecule has 2 aliphatic heterocycles. The number of aromatic nitrogens is 4. The molecule has 9 nitrogen and oxygen atoms in total. The van der Waals surface area contributed by atoms with E-state index in [1.807, 2.05) is 24.3 Å². The number of amides is 1. The Morgan fingerprint density at radius 1 is 1.02 bits per heavy atom. The first-order valence-electron chi connectivity index (χ1n) is 16.3. The number of nitrogens with zero attached hydrogens (tertiary/aromatic N) is 5. The molecule has 48 heavy (non-hydrogen) atoms. The van der Waals surface area contributed by atoms with Crippen molar-refractivity contribution in [1.82, 2.24) is 24.5 Å². The smallest absolute Gasteiger partial charge is 0.394 e. The van der Waals surface area contributed by atoms with E-state index in [-0.39, 0.29) is 55.0 Å². The molecule has 1 aliphatic carbocycles. The third-order valence-electron chi connectivity index (χ3n) is 9.89. The Morgan fingerprint density at radius 3 is 2.60 bits per heavy atom. The van der Waals surface area contributed by atoms with Gasteiger partial charge in [-0.05, 0) is 87.6 Å². The van der Waals surface area contributed by atoms with Gasteiger partial charge in [0.25, 0.3) is 5.91 Å². The molecule has 3 aliphatic rings. The number of hydrogen-bond acceptors (Lipinski definition) is 8. The lowest BCUT2D eigenvalue weighted by atomic mass is 9.80. The van der Waals surface area contributed by atoms with Crippen LogP contribution in [-0.4, -0.2) is 57.1 Å². The van der Waals surface area contributed by atoms with Crippen LogP contribution in [0.4, 0.5) is 24.8 Å². The predicted molar refractivity (Wildman–Crippen MR) is 179 cm³/mol. The topological polar surface area (TPSA) is 97.2 Å². The number of nitrogens with one attached hydrogen (secondary N) is 2. The monoisotopic (exact) mass is 677 g/mol. The largest absolute Gasteiger partial charge is 0.477 e. The normalized spacial score (nSPS) is 21.7. The zero-order chi connectivity index (χ0) is 33.5. The molecule has 2 atom stereocenters. The number of ether oxygens (including phenoxy) is 1. The average molecular weight is 678 g/mol. The highest BCUT2D eigenvalue weighted by Crippen LogP contribution is 2.59. The van der Waals surface area contributed by atoms with Crippen LogP contribution in [0.5, 0.6) is 5.88 Å². The maximum Gasteiger partial charge on any atom is 0.394 e. The molecule has 4 bridgehead atoms. The summed E-state index contributed by atoms with van der Waals surface area (Å²) in [7, 11) is 0. The lowest BCUT2D eigenvalue weighted by Crippen LogP contribution is -2.40. The van der Waals surface area contributed by atoms with Crippen molar-refractivity contribution in [2.45, 2.75) is 68.6 Å². The number of anilines is 2. The second-order valence-corrected chi connectivity index (χ2v) is 14.4. The highest BCUT2D eigenvalue weighted by atomic mass is 32.2. The van der Waals surface area contributed by atoms with Crippen molar-refractivity contribution in [3.8, 4) is 11.7 Å². The Morgan fingerprint density at radius 2 is 1.83 bits per heavy atom. The molecule has 1 saturated carbocycles. The van der Waals surface area contributed by atoms with Crippen molar-refractivity contribution in [2.75, 3.05) is 29.9 Å². The van der Waals surface area contributed by atoms with E-state index >= 15 is 0 Å². The summed E-state index contributed by atoms with van der Waals surface area (Å²) in [4.78, 5) is 25.7. The van der Waals surface area contributed by atoms with Gasteiger partial charge in [0.15, 0.2) is 5.82 Å². The van der Waals surface area contributed by atoms with Gasteiger partial charge in [0.05, 0.1) is 17.6 Å². The summed E-state index contributed by atoms with van der Waals surface area (Å²) in [5.41, 5.74) is -0.258. The van der Waals surface area contributed by atoms with Gasteiger partial charge in [-0.1, -0.05) is 36.4 Å². The number of carbonyl (C=O) groups excluding carboxylic acids is 1. The number of benzene rings is 1. The summed E-state index contributed by atoms with van der Waals surface area (Å²) in [5.74, 6) is 2.21. The Labute approximate surface area is 281 Å². The third-order valence-corrected chi connectivity index (χ3v) is 10.6. The summed E-state index contributed by atoms with van der Waals surface area (Å²) in [6.07, 6.45) is -0.592. The number of pyridine rings is 2. The summed E-state index contributed by atoms with van der Waals surface area (Å²) in [6.45, 7) is 5.72. The molecule has 7 rings (SSSR count). The summed E-state index contributed by atoms with van der Waals surface area (Å²) in [6, 6.07) is 21.3.